The Morgan fingerprint density at radius 1 is 1.24 bits per heavy atom. The maximum atomic E-state index is 13.1. The Kier molecular flexibility index (Phi) is 4.36. The highest BCUT2D eigenvalue weighted by atomic mass is 32.2. The van der Waals surface area contributed by atoms with Gasteiger partial charge in [0.1, 0.15) is 0 Å². The van der Waals surface area contributed by atoms with Crippen molar-refractivity contribution in [1.82, 2.24) is 4.31 Å². The van der Waals surface area contributed by atoms with Gasteiger partial charge >= 0.3 is 0 Å². The first kappa shape index (κ1) is 17.4. The summed E-state index contributed by atoms with van der Waals surface area (Å²) in [4.78, 5) is 1.000. The molecule has 2 bridgehead atoms. The van der Waals surface area contributed by atoms with E-state index in [9.17, 15) is 8.42 Å². The molecule has 122 valence electrons. The summed E-state index contributed by atoms with van der Waals surface area (Å²) in [6.45, 7) is 12.2. The first-order valence-corrected chi connectivity index (χ1v) is 10.0. The molecule has 2 fully saturated rings. The SMILES string of the molecule is CC(C)N(C(C)C)S(=O)(=O)CC12CCC(CC1=S)C2(C)C. The zero-order chi connectivity index (χ0) is 16.2. The van der Waals surface area contributed by atoms with Crippen LogP contribution >= 0.6 is 12.2 Å². The summed E-state index contributed by atoms with van der Waals surface area (Å²) in [5.74, 6) is 0.755. The van der Waals surface area contributed by atoms with E-state index < -0.39 is 10.0 Å². The molecular weight excluding hydrogens is 302 g/mol. The minimum Gasteiger partial charge on any atom is -0.212 e. The van der Waals surface area contributed by atoms with Gasteiger partial charge in [0.2, 0.25) is 10.0 Å². The Morgan fingerprint density at radius 3 is 2.10 bits per heavy atom. The van der Waals surface area contributed by atoms with Crippen molar-refractivity contribution in [2.45, 2.75) is 72.9 Å². The van der Waals surface area contributed by atoms with Gasteiger partial charge < -0.3 is 0 Å². The number of rotatable bonds is 5. The molecule has 0 aliphatic heterocycles. The molecule has 2 aliphatic rings. The predicted octanol–water partition coefficient (Wildman–Crippen LogP) is 3.63. The smallest absolute Gasteiger partial charge is 0.212 e. The van der Waals surface area contributed by atoms with E-state index in [1.165, 1.54) is 0 Å². The van der Waals surface area contributed by atoms with E-state index in [1.807, 2.05) is 27.7 Å². The van der Waals surface area contributed by atoms with Gasteiger partial charge in [0.15, 0.2) is 0 Å². The van der Waals surface area contributed by atoms with Crippen LogP contribution in [0.3, 0.4) is 0 Å². The molecule has 5 heteroatoms. The molecule has 0 aromatic carbocycles. The van der Waals surface area contributed by atoms with Crippen LogP contribution in [0.15, 0.2) is 0 Å². The van der Waals surface area contributed by atoms with E-state index in [0.29, 0.717) is 5.92 Å². The van der Waals surface area contributed by atoms with Crippen molar-refractivity contribution < 1.29 is 8.42 Å². The van der Waals surface area contributed by atoms with Crippen molar-refractivity contribution in [3.63, 3.8) is 0 Å². The summed E-state index contributed by atoms with van der Waals surface area (Å²) >= 11 is 5.63. The fourth-order valence-corrected chi connectivity index (χ4v) is 8.21. The Balaban J connectivity index is 2.38. The second kappa shape index (κ2) is 5.27. The minimum absolute atomic E-state index is 0.0107. The van der Waals surface area contributed by atoms with Crippen LogP contribution in [0.25, 0.3) is 0 Å². The standard InChI is InChI=1S/C16H29NO2S2/c1-11(2)17(12(3)4)21(18,19)10-16-8-7-13(9-14(16)20)15(16,5)6/h11-13H,7-10H2,1-6H3. The summed E-state index contributed by atoms with van der Waals surface area (Å²) in [5.41, 5.74) is -0.287. The molecular formula is C16H29NO2S2. The molecule has 21 heavy (non-hydrogen) atoms. The maximum Gasteiger partial charge on any atom is 0.215 e. The monoisotopic (exact) mass is 331 g/mol. The summed E-state index contributed by atoms with van der Waals surface area (Å²) < 4.78 is 27.8. The van der Waals surface area contributed by atoms with Crippen LogP contribution in [-0.2, 0) is 10.0 Å². The van der Waals surface area contributed by atoms with Gasteiger partial charge in [-0.2, -0.15) is 4.31 Å². The summed E-state index contributed by atoms with van der Waals surface area (Å²) in [6, 6.07) is -0.0247. The highest BCUT2D eigenvalue weighted by Gasteiger charge is 2.63. The number of sulfonamides is 1. The molecule has 0 aromatic heterocycles. The number of hydrogen-bond acceptors (Lipinski definition) is 3. The van der Waals surface area contributed by atoms with Crippen LogP contribution in [0.5, 0.6) is 0 Å². The highest BCUT2D eigenvalue weighted by Crippen LogP contribution is 2.64. The predicted molar refractivity (Wildman–Crippen MR) is 92.1 cm³/mol. The van der Waals surface area contributed by atoms with E-state index in [2.05, 4.69) is 13.8 Å². The van der Waals surface area contributed by atoms with Gasteiger partial charge in [0, 0.05) is 22.4 Å². The van der Waals surface area contributed by atoms with Crippen molar-refractivity contribution in [3.8, 4) is 0 Å². The van der Waals surface area contributed by atoms with Crippen LogP contribution in [0.2, 0.25) is 0 Å². The molecule has 0 saturated heterocycles. The van der Waals surface area contributed by atoms with Gasteiger partial charge in [-0.15, -0.1) is 0 Å². The third-order valence-corrected chi connectivity index (χ3v) is 8.81. The van der Waals surface area contributed by atoms with E-state index in [4.69, 9.17) is 12.2 Å². The zero-order valence-electron chi connectivity index (χ0n) is 14.1. The normalized spacial score (nSPS) is 31.9. The van der Waals surface area contributed by atoms with Crippen LogP contribution in [-0.4, -0.2) is 35.4 Å². The first-order chi connectivity index (χ1) is 9.45. The summed E-state index contributed by atoms with van der Waals surface area (Å²) in [7, 11) is -3.31. The van der Waals surface area contributed by atoms with Gasteiger partial charge in [0.05, 0.1) is 5.75 Å². The topological polar surface area (TPSA) is 37.4 Å². The van der Waals surface area contributed by atoms with E-state index >= 15 is 0 Å². The Labute approximate surface area is 135 Å². The maximum absolute atomic E-state index is 13.1. The van der Waals surface area contributed by atoms with Crippen LogP contribution in [0, 0.1) is 16.7 Å². The fraction of sp³-hybridized carbons (Fsp3) is 0.938. The molecule has 0 radical (unpaired) electrons. The third-order valence-electron chi connectivity index (χ3n) is 5.91. The third kappa shape index (κ3) is 2.49. The molecule has 0 heterocycles. The van der Waals surface area contributed by atoms with Crippen LogP contribution in [0.1, 0.15) is 60.8 Å². The van der Waals surface area contributed by atoms with E-state index in [1.54, 1.807) is 4.31 Å². The molecule has 3 nitrogen and oxygen atoms in total. The average Bonchev–Trinajstić information content (AvgIpc) is 2.60. The summed E-state index contributed by atoms with van der Waals surface area (Å²) in [6.07, 6.45) is 2.99. The van der Waals surface area contributed by atoms with Gasteiger partial charge in [-0.1, -0.05) is 26.1 Å². The molecule has 2 aliphatic carbocycles. The van der Waals surface area contributed by atoms with Crippen molar-refractivity contribution >= 4 is 27.1 Å². The quantitative estimate of drug-likeness (QED) is 0.722. The molecule has 0 N–H and O–H groups in total. The average molecular weight is 332 g/mol. The number of fused-ring (bicyclic) bond motifs is 2. The van der Waals surface area contributed by atoms with Gasteiger partial charge in [-0.05, 0) is 58.3 Å². The van der Waals surface area contributed by atoms with Gasteiger partial charge in [-0.3, -0.25) is 0 Å². The van der Waals surface area contributed by atoms with Crippen LogP contribution < -0.4 is 0 Å². The van der Waals surface area contributed by atoms with Gasteiger partial charge in [0.25, 0.3) is 0 Å². The van der Waals surface area contributed by atoms with E-state index in [0.717, 1.165) is 24.1 Å². The van der Waals surface area contributed by atoms with Crippen molar-refractivity contribution in [3.05, 3.63) is 0 Å². The van der Waals surface area contributed by atoms with E-state index in [-0.39, 0.29) is 28.7 Å². The summed E-state index contributed by atoms with van der Waals surface area (Å²) in [5, 5.41) is 0. The largest absolute Gasteiger partial charge is 0.215 e. The van der Waals surface area contributed by atoms with Crippen molar-refractivity contribution in [1.29, 1.82) is 0 Å². The zero-order valence-corrected chi connectivity index (χ0v) is 15.8. The Hall–Kier alpha value is -0.0000000000000000278. The number of hydrogen-bond donors (Lipinski definition) is 0. The lowest BCUT2D eigenvalue weighted by Crippen LogP contribution is -2.50. The molecule has 0 aromatic rings. The molecule has 0 amide bonds. The van der Waals surface area contributed by atoms with Crippen LogP contribution in [0.4, 0.5) is 0 Å². The molecule has 2 unspecified atom stereocenters. The molecule has 2 saturated carbocycles. The highest BCUT2D eigenvalue weighted by molar-refractivity contribution is 7.89. The first-order valence-electron chi connectivity index (χ1n) is 8.00. The minimum atomic E-state index is -3.31. The lowest BCUT2D eigenvalue weighted by molar-refractivity contribution is 0.192. The van der Waals surface area contributed by atoms with Crippen molar-refractivity contribution in [2.75, 3.05) is 5.75 Å². The van der Waals surface area contributed by atoms with Crippen molar-refractivity contribution in [2.24, 2.45) is 16.7 Å². The Morgan fingerprint density at radius 2 is 1.76 bits per heavy atom. The second-order valence-corrected chi connectivity index (χ2v) is 10.3. The molecule has 2 rings (SSSR count). The fourth-order valence-electron chi connectivity index (χ4n) is 4.73. The lowest BCUT2D eigenvalue weighted by Gasteiger charge is -2.40. The Bertz CT molecular complexity index is 528. The van der Waals surface area contributed by atoms with Gasteiger partial charge in [-0.25, -0.2) is 8.42 Å². The lowest BCUT2D eigenvalue weighted by atomic mass is 9.71. The number of thiocarbonyl (C=S) groups is 1. The number of nitrogens with zero attached hydrogens (tertiary/aromatic N) is 1. The second-order valence-electron chi connectivity index (χ2n) is 7.94. The molecule has 0 spiro atoms. The molecule has 2 atom stereocenters.